The number of fused-ring (bicyclic) bond motifs is 4. The van der Waals surface area contributed by atoms with E-state index in [4.69, 9.17) is 4.98 Å². The standard InChI is InChI=1S/C63H65N5/c1-60(2,3)46-34-47(61(4,5)6)37-51(36-46)66-42-67(57-29-21-20-28-56(57)66)52-38-48(62(7,8)9)35-50(40-52)65(11)49-30-31-54-53-26-18-19-27-55(53)68(58(54)41-49)59-39-45(32-33-64-59)63(10,43-22-14-12-15-23-43)44-24-16-13-17-25-44/h12-41H,42H2,1-11H3. The third-order valence-electron chi connectivity index (χ3n) is 14.5. The molecule has 9 aromatic rings. The van der Waals surface area contributed by atoms with Crippen molar-refractivity contribution in [2.24, 2.45) is 0 Å². The van der Waals surface area contributed by atoms with Crippen molar-refractivity contribution in [3.8, 4) is 5.82 Å². The van der Waals surface area contributed by atoms with Crippen LogP contribution >= 0.6 is 0 Å². The van der Waals surface area contributed by atoms with E-state index < -0.39 is 5.41 Å². The Morgan fingerprint density at radius 3 is 1.49 bits per heavy atom. The monoisotopic (exact) mass is 892 g/mol. The van der Waals surface area contributed by atoms with Crippen LogP contribution in [0, 0.1) is 0 Å². The van der Waals surface area contributed by atoms with Crippen molar-refractivity contribution in [1.82, 2.24) is 9.55 Å². The molecule has 5 heteroatoms. The molecule has 0 amide bonds. The Morgan fingerprint density at radius 2 is 0.912 bits per heavy atom. The predicted molar refractivity (Wildman–Crippen MR) is 290 cm³/mol. The van der Waals surface area contributed by atoms with Gasteiger partial charge in [-0.2, -0.15) is 0 Å². The second kappa shape index (κ2) is 16.6. The highest BCUT2D eigenvalue weighted by Crippen LogP contribution is 2.48. The van der Waals surface area contributed by atoms with Gasteiger partial charge in [0.2, 0.25) is 0 Å². The maximum atomic E-state index is 5.13. The number of aromatic nitrogens is 2. The Morgan fingerprint density at radius 1 is 0.412 bits per heavy atom. The number of rotatable bonds is 8. The number of para-hydroxylation sites is 3. The first kappa shape index (κ1) is 44.7. The number of hydrogen-bond acceptors (Lipinski definition) is 4. The first-order chi connectivity index (χ1) is 32.4. The van der Waals surface area contributed by atoms with E-state index in [2.05, 4.69) is 271 Å². The topological polar surface area (TPSA) is 27.5 Å². The van der Waals surface area contributed by atoms with Crippen molar-refractivity contribution in [1.29, 1.82) is 0 Å². The molecule has 2 aromatic heterocycles. The van der Waals surface area contributed by atoms with Crippen molar-refractivity contribution in [3.05, 3.63) is 216 Å². The maximum absolute atomic E-state index is 5.13. The third kappa shape index (κ3) is 7.92. The van der Waals surface area contributed by atoms with E-state index >= 15 is 0 Å². The molecule has 1 aliphatic heterocycles. The Bertz CT molecular complexity index is 3230. The molecule has 10 rings (SSSR count). The van der Waals surface area contributed by atoms with Crippen LogP contribution < -0.4 is 14.7 Å². The number of benzene rings is 7. The maximum Gasteiger partial charge on any atom is 0.137 e. The summed E-state index contributed by atoms with van der Waals surface area (Å²) in [6.45, 7) is 23.9. The summed E-state index contributed by atoms with van der Waals surface area (Å²) < 4.78 is 2.36. The van der Waals surface area contributed by atoms with Crippen LogP contribution in [0.5, 0.6) is 0 Å². The Balaban J connectivity index is 1.08. The second-order valence-electron chi connectivity index (χ2n) is 22.1. The average molecular weight is 892 g/mol. The van der Waals surface area contributed by atoms with Crippen LogP contribution in [0.3, 0.4) is 0 Å². The minimum Gasteiger partial charge on any atom is -0.344 e. The molecule has 0 fully saturated rings. The second-order valence-corrected chi connectivity index (χ2v) is 22.1. The zero-order valence-corrected chi connectivity index (χ0v) is 41.8. The van der Waals surface area contributed by atoms with Gasteiger partial charge in [-0.05, 0) is 129 Å². The summed E-state index contributed by atoms with van der Waals surface area (Å²) in [5.74, 6) is 0.892. The normalized spacial score (nSPS) is 13.4. The summed E-state index contributed by atoms with van der Waals surface area (Å²) in [7, 11) is 2.21. The lowest BCUT2D eigenvalue weighted by molar-refractivity contribution is 0.568. The molecule has 0 radical (unpaired) electrons. The van der Waals surface area contributed by atoms with Gasteiger partial charge in [-0.1, -0.05) is 165 Å². The molecule has 68 heavy (non-hydrogen) atoms. The number of anilines is 6. The Hall–Kier alpha value is -7.11. The summed E-state index contributed by atoms with van der Waals surface area (Å²) in [6, 6.07) is 65.1. The fraction of sp³-hybridized carbons (Fsp3) is 0.254. The summed E-state index contributed by atoms with van der Waals surface area (Å²) in [6.07, 6.45) is 1.98. The first-order valence-electron chi connectivity index (χ1n) is 24.2. The van der Waals surface area contributed by atoms with Crippen LogP contribution in [0.25, 0.3) is 27.6 Å². The number of nitrogens with zero attached hydrogens (tertiary/aromatic N) is 5. The van der Waals surface area contributed by atoms with Crippen molar-refractivity contribution in [3.63, 3.8) is 0 Å². The molecule has 3 heterocycles. The van der Waals surface area contributed by atoms with E-state index in [1.54, 1.807) is 0 Å². The third-order valence-corrected chi connectivity index (χ3v) is 14.5. The first-order valence-corrected chi connectivity index (χ1v) is 24.2. The molecule has 0 bridgehead atoms. The van der Waals surface area contributed by atoms with Gasteiger partial charge in [-0.3, -0.25) is 4.57 Å². The molecule has 5 nitrogen and oxygen atoms in total. The fourth-order valence-electron chi connectivity index (χ4n) is 10.1. The van der Waals surface area contributed by atoms with Crippen LogP contribution in [-0.2, 0) is 21.7 Å². The van der Waals surface area contributed by atoms with E-state index in [9.17, 15) is 0 Å². The molecule has 1 aliphatic rings. The van der Waals surface area contributed by atoms with Crippen molar-refractivity contribution in [2.45, 2.75) is 90.9 Å². The highest BCUT2D eigenvalue weighted by atomic mass is 15.4. The SMILES string of the molecule is CN(c1cc(N2CN(c3cc(C(C)(C)C)cc(C(C)(C)C)c3)c3ccccc32)cc(C(C)(C)C)c1)c1ccc2c3ccccc3n(-c3cc(C(C)(c4ccccc4)c4ccccc4)ccn3)c2c1. The van der Waals surface area contributed by atoms with E-state index in [0.717, 1.165) is 28.2 Å². The lowest BCUT2D eigenvalue weighted by Gasteiger charge is -2.32. The molecule has 7 aromatic carbocycles. The van der Waals surface area contributed by atoms with Crippen LogP contribution in [0.4, 0.5) is 34.1 Å². The van der Waals surface area contributed by atoms with E-state index in [0.29, 0.717) is 6.67 Å². The van der Waals surface area contributed by atoms with E-state index in [1.807, 2.05) is 6.20 Å². The highest BCUT2D eigenvalue weighted by Gasteiger charge is 2.33. The summed E-state index contributed by atoms with van der Waals surface area (Å²) >= 11 is 0. The smallest absolute Gasteiger partial charge is 0.137 e. The minimum atomic E-state index is -0.404. The lowest BCUT2D eigenvalue weighted by atomic mass is 9.71. The van der Waals surface area contributed by atoms with Crippen molar-refractivity contribution < 1.29 is 0 Å². The van der Waals surface area contributed by atoms with Gasteiger partial charge in [-0.15, -0.1) is 0 Å². The number of hydrogen-bond donors (Lipinski definition) is 0. The van der Waals surface area contributed by atoms with Gasteiger partial charge >= 0.3 is 0 Å². The van der Waals surface area contributed by atoms with Gasteiger partial charge in [0.05, 0.1) is 22.4 Å². The molecular formula is C63H65N5. The van der Waals surface area contributed by atoms with Gasteiger partial charge in [-0.25, -0.2) is 4.98 Å². The average Bonchev–Trinajstić information content (AvgIpc) is 3.89. The number of pyridine rings is 1. The van der Waals surface area contributed by atoms with Gasteiger partial charge in [0.15, 0.2) is 0 Å². The largest absolute Gasteiger partial charge is 0.344 e. The van der Waals surface area contributed by atoms with Crippen LogP contribution in [-0.4, -0.2) is 23.3 Å². The molecule has 0 unspecified atom stereocenters. The Labute approximate surface area is 404 Å². The molecule has 0 N–H and O–H groups in total. The quantitative estimate of drug-likeness (QED) is 0.152. The molecule has 0 saturated heterocycles. The summed E-state index contributed by atoms with van der Waals surface area (Å²) in [5.41, 5.74) is 16.5. The molecule has 0 aliphatic carbocycles. The molecule has 0 spiro atoms. The fourth-order valence-corrected chi connectivity index (χ4v) is 10.1. The lowest BCUT2D eigenvalue weighted by Crippen LogP contribution is -2.26. The van der Waals surface area contributed by atoms with Gasteiger partial charge in [0.1, 0.15) is 12.5 Å². The Kier molecular flexibility index (Phi) is 10.9. The summed E-state index contributed by atoms with van der Waals surface area (Å²) in [4.78, 5) is 12.5. The predicted octanol–water partition coefficient (Wildman–Crippen LogP) is 16.4. The van der Waals surface area contributed by atoms with Gasteiger partial charge in [0, 0.05) is 52.2 Å². The molecule has 342 valence electrons. The summed E-state index contributed by atoms with van der Waals surface area (Å²) in [5, 5.41) is 2.40. The minimum absolute atomic E-state index is 0.0134. The molecule has 0 atom stereocenters. The van der Waals surface area contributed by atoms with Gasteiger partial charge < -0.3 is 14.7 Å². The highest BCUT2D eigenvalue weighted by molar-refractivity contribution is 6.10. The van der Waals surface area contributed by atoms with E-state index in [-0.39, 0.29) is 16.2 Å². The van der Waals surface area contributed by atoms with E-state index in [1.165, 1.54) is 66.9 Å². The van der Waals surface area contributed by atoms with Gasteiger partial charge in [0.25, 0.3) is 0 Å². The van der Waals surface area contributed by atoms with Crippen molar-refractivity contribution in [2.75, 3.05) is 28.4 Å². The van der Waals surface area contributed by atoms with Crippen molar-refractivity contribution >= 4 is 55.9 Å². The molecular weight excluding hydrogens is 827 g/mol. The molecule has 0 saturated carbocycles. The van der Waals surface area contributed by atoms with Crippen LogP contribution in [0.15, 0.2) is 182 Å². The zero-order valence-electron chi connectivity index (χ0n) is 41.8. The zero-order chi connectivity index (χ0) is 47.8. The van der Waals surface area contributed by atoms with Crippen LogP contribution in [0.1, 0.15) is 103 Å². The van der Waals surface area contributed by atoms with Crippen LogP contribution in [0.2, 0.25) is 0 Å².